The number of carbonyl (C=O) groups is 1. The fraction of sp³-hybridized carbons (Fsp3) is 0.727. The van der Waals surface area contributed by atoms with Crippen LogP contribution in [0.4, 0.5) is 0 Å². The quantitative estimate of drug-likeness (QED) is 0.356. The number of rotatable bonds is 4. The summed E-state index contributed by atoms with van der Waals surface area (Å²) in [6.45, 7) is 6.19. The topological polar surface area (TPSA) is 17.1 Å². The van der Waals surface area contributed by atoms with Gasteiger partial charge in [0.2, 0.25) is 5.78 Å². The van der Waals surface area contributed by atoms with Gasteiger partial charge in [0.25, 0.3) is 0 Å². The third-order valence-electron chi connectivity index (χ3n) is 1.48. The van der Waals surface area contributed by atoms with Gasteiger partial charge in [-0.05, 0) is 18.3 Å². The van der Waals surface area contributed by atoms with Crippen molar-refractivity contribution < 1.29 is 4.79 Å². The summed E-state index contributed by atoms with van der Waals surface area (Å²) >= 11 is 0. The highest BCUT2D eigenvalue weighted by molar-refractivity contribution is 5.95. The van der Waals surface area contributed by atoms with E-state index in [4.69, 9.17) is 0 Å². The lowest BCUT2D eigenvalue weighted by molar-refractivity contribution is -0.114. The summed E-state index contributed by atoms with van der Waals surface area (Å²) in [6, 6.07) is 0. The normalized spacial score (nSPS) is 9.33. The molecule has 68 valence electrons. The maximum Gasteiger partial charge on any atom is 0.205 e. The molecule has 1 heteroatoms. The van der Waals surface area contributed by atoms with Crippen molar-refractivity contribution in [1.82, 2.24) is 0 Å². The number of ketones is 1. The second kappa shape index (κ2) is 6.91. The molecule has 0 aromatic rings. The smallest absolute Gasteiger partial charge is 0.205 e. The molecule has 0 spiro atoms. The molecule has 1 nitrogen and oxygen atoms in total. The number of hydrogen-bond acceptors (Lipinski definition) is 1. The lowest BCUT2D eigenvalue weighted by atomic mass is 10.1. The van der Waals surface area contributed by atoms with Crippen molar-refractivity contribution >= 4 is 5.78 Å². The van der Waals surface area contributed by atoms with Crippen molar-refractivity contribution in [2.24, 2.45) is 5.92 Å². The highest BCUT2D eigenvalue weighted by Crippen LogP contribution is 1.99. The average molecular weight is 166 g/mol. The number of unbranched alkanes of at least 4 members (excludes halogenated alkanes) is 2. The van der Waals surface area contributed by atoms with E-state index in [2.05, 4.69) is 18.8 Å². The number of hydrogen-bond donors (Lipinski definition) is 0. The summed E-state index contributed by atoms with van der Waals surface area (Å²) in [5, 5.41) is 0. The molecule has 0 N–H and O–H groups in total. The summed E-state index contributed by atoms with van der Waals surface area (Å²) in [6.07, 6.45) is 3.70. The molecule has 0 aliphatic heterocycles. The van der Waals surface area contributed by atoms with Crippen LogP contribution in [0.15, 0.2) is 0 Å². The molecule has 0 atom stereocenters. The lowest BCUT2D eigenvalue weighted by Gasteiger charge is -1.95. The summed E-state index contributed by atoms with van der Waals surface area (Å²) in [7, 11) is 0. The lowest BCUT2D eigenvalue weighted by Crippen LogP contribution is -1.98. The number of carbonyl (C=O) groups excluding carboxylic acids is 1. The van der Waals surface area contributed by atoms with Crippen molar-refractivity contribution in [3.8, 4) is 11.8 Å². The Morgan fingerprint density at radius 3 is 2.58 bits per heavy atom. The first-order chi connectivity index (χ1) is 5.66. The van der Waals surface area contributed by atoms with Gasteiger partial charge in [-0.2, -0.15) is 0 Å². The van der Waals surface area contributed by atoms with Gasteiger partial charge >= 0.3 is 0 Å². The molecule has 0 aliphatic rings. The monoisotopic (exact) mass is 166 g/mol. The second-order valence-corrected chi connectivity index (χ2v) is 3.43. The molecule has 0 amide bonds. The van der Waals surface area contributed by atoms with Gasteiger partial charge in [-0.1, -0.05) is 33.1 Å². The zero-order valence-corrected chi connectivity index (χ0v) is 8.31. The summed E-state index contributed by atoms with van der Waals surface area (Å²) in [4.78, 5) is 11.0. The molecule has 0 bridgehead atoms. The van der Waals surface area contributed by atoms with Crippen LogP contribution >= 0.6 is 0 Å². The predicted octanol–water partition coefficient (Wildman–Crippen LogP) is 2.80. The van der Waals surface area contributed by atoms with E-state index in [-0.39, 0.29) is 5.78 Å². The van der Waals surface area contributed by atoms with Crippen LogP contribution in [0.3, 0.4) is 0 Å². The Bertz CT molecular complexity index is 181. The van der Waals surface area contributed by atoms with Crippen LogP contribution < -0.4 is 0 Å². The predicted molar refractivity (Wildman–Crippen MR) is 51.8 cm³/mol. The molecule has 0 fully saturated rings. The van der Waals surface area contributed by atoms with Gasteiger partial charge in [-0.25, -0.2) is 0 Å². The highest BCUT2D eigenvalue weighted by atomic mass is 16.1. The van der Waals surface area contributed by atoms with Crippen LogP contribution in [0, 0.1) is 17.8 Å². The first kappa shape index (κ1) is 11.2. The van der Waals surface area contributed by atoms with E-state index in [1.807, 2.05) is 13.8 Å². The van der Waals surface area contributed by atoms with Crippen LogP contribution in [-0.2, 0) is 4.79 Å². The molecule has 0 rings (SSSR count). The van der Waals surface area contributed by atoms with Gasteiger partial charge in [0.1, 0.15) is 0 Å². The van der Waals surface area contributed by atoms with Crippen molar-refractivity contribution in [1.29, 1.82) is 0 Å². The molecule has 0 unspecified atom stereocenters. The minimum Gasteiger partial charge on any atom is -0.285 e. The van der Waals surface area contributed by atoms with Gasteiger partial charge in [0.15, 0.2) is 0 Å². The molecule has 0 aliphatic carbocycles. The Kier molecular flexibility index (Phi) is 6.47. The van der Waals surface area contributed by atoms with Gasteiger partial charge in [0, 0.05) is 12.8 Å². The second-order valence-electron chi connectivity index (χ2n) is 3.43. The van der Waals surface area contributed by atoms with E-state index >= 15 is 0 Å². The molecular weight excluding hydrogens is 148 g/mol. The Balaban J connectivity index is 3.57. The van der Waals surface area contributed by atoms with Crippen molar-refractivity contribution in [2.45, 2.75) is 46.5 Å². The van der Waals surface area contributed by atoms with Crippen LogP contribution in [0.1, 0.15) is 46.5 Å². The maximum absolute atomic E-state index is 11.0. The first-order valence-corrected chi connectivity index (χ1v) is 4.68. The van der Waals surface area contributed by atoms with Crippen molar-refractivity contribution in [3.05, 3.63) is 0 Å². The Morgan fingerprint density at radius 1 is 1.42 bits per heavy atom. The van der Waals surface area contributed by atoms with Crippen molar-refractivity contribution in [2.75, 3.05) is 0 Å². The van der Waals surface area contributed by atoms with Crippen LogP contribution in [-0.4, -0.2) is 5.78 Å². The van der Waals surface area contributed by atoms with Gasteiger partial charge < -0.3 is 0 Å². The maximum atomic E-state index is 11.0. The standard InChI is InChI=1S/C11H18O/c1-4-5-6-7-8-11(12)9-10(2)3/h10H,4-6,9H2,1-3H3. The first-order valence-electron chi connectivity index (χ1n) is 4.68. The summed E-state index contributed by atoms with van der Waals surface area (Å²) in [5.41, 5.74) is 0. The molecule has 0 aromatic heterocycles. The molecule has 0 saturated heterocycles. The van der Waals surface area contributed by atoms with E-state index in [9.17, 15) is 4.79 Å². The molecule has 0 radical (unpaired) electrons. The Morgan fingerprint density at radius 2 is 2.08 bits per heavy atom. The van der Waals surface area contributed by atoms with Gasteiger partial charge in [0.05, 0.1) is 0 Å². The van der Waals surface area contributed by atoms with E-state index in [1.54, 1.807) is 0 Å². The van der Waals surface area contributed by atoms with Crippen LogP contribution in [0.2, 0.25) is 0 Å². The molecular formula is C11H18O. The fourth-order valence-electron chi connectivity index (χ4n) is 0.848. The third-order valence-corrected chi connectivity index (χ3v) is 1.48. The third kappa shape index (κ3) is 7.34. The zero-order valence-electron chi connectivity index (χ0n) is 8.31. The Hall–Kier alpha value is -0.770. The van der Waals surface area contributed by atoms with Gasteiger partial charge in [-0.3, -0.25) is 4.79 Å². The highest BCUT2D eigenvalue weighted by Gasteiger charge is 1.99. The number of Topliss-reactive ketones (excluding diaryl/α,β-unsaturated/α-hetero) is 1. The fourth-order valence-corrected chi connectivity index (χ4v) is 0.848. The molecule has 12 heavy (non-hydrogen) atoms. The summed E-state index contributed by atoms with van der Waals surface area (Å²) in [5.74, 6) is 6.06. The largest absolute Gasteiger partial charge is 0.285 e. The SMILES string of the molecule is CCCCC#CC(=O)CC(C)C. The minimum atomic E-state index is 0.0844. The minimum absolute atomic E-state index is 0.0844. The van der Waals surface area contributed by atoms with E-state index in [1.165, 1.54) is 0 Å². The van der Waals surface area contributed by atoms with Crippen LogP contribution in [0.5, 0.6) is 0 Å². The molecule has 0 aromatic carbocycles. The molecule has 0 heterocycles. The average Bonchev–Trinajstić information content (AvgIpc) is 1.97. The van der Waals surface area contributed by atoms with E-state index in [0.29, 0.717) is 12.3 Å². The van der Waals surface area contributed by atoms with E-state index < -0.39 is 0 Å². The molecule has 0 saturated carbocycles. The summed E-state index contributed by atoms with van der Waals surface area (Å²) < 4.78 is 0. The van der Waals surface area contributed by atoms with E-state index in [0.717, 1.165) is 19.3 Å². The van der Waals surface area contributed by atoms with Crippen LogP contribution in [0.25, 0.3) is 0 Å². The van der Waals surface area contributed by atoms with Crippen molar-refractivity contribution in [3.63, 3.8) is 0 Å². The van der Waals surface area contributed by atoms with Gasteiger partial charge in [-0.15, -0.1) is 0 Å². The Labute approximate surface area is 75.5 Å². The zero-order chi connectivity index (χ0) is 9.40.